The van der Waals surface area contributed by atoms with Gasteiger partial charge in [0.25, 0.3) is 0 Å². The van der Waals surface area contributed by atoms with E-state index in [0.717, 1.165) is 31.6 Å². The van der Waals surface area contributed by atoms with Gasteiger partial charge in [-0.05, 0) is 43.4 Å². The molecule has 0 N–H and O–H groups in total. The molecule has 94 valence electrons. The quantitative estimate of drug-likeness (QED) is 0.459. The van der Waals surface area contributed by atoms with Gasteiger partial charge in [0.15, 0.2) is 0 Å². The fourth-order valence-electron chi connectivity index (χ4n) is 2.65. The Morgan fingerprint density at radius 1 is 1.00 bits per heavy atom. The Morgan fingerprint density at radius 3 is 1.62 bits per heavy atom. The molecule has 0 bridgehead atoms. The topological polar surface area (TPSA) is 0 Å². The van der Waals surface area contributed by atoms with E-state index < -0.39 is 0 Å². The molecular formula is C16H30. The van der Waals surface area contributed by atoms with Crippen molar-refractivity contribution in [3.05, 3.63) is 24.3 Å². The number of hydrogen-bond donors (Lipinski definition) is 0. The second-order valence-corrected chi connectivity index (χ2v) is 5.97. The maximum absolute atomic E-state index is 4.17. The lowest BCUT2D eigenvalue weighted by Gasteiger charge is -2.33. The highest BCUT2D eigenvalue weighted by Crippen LogP contribution is 2.39. The second-order valence-electron chi connectivity index (χ2n) is 5.97. The van der Waals surface area contributed by atoms with E-state index in [0.29, 0.717) is 5.41 Å². The molecule has 0 fully saturated rings. The summed E-state index contributed by atoms with van der Waals surface area (Å²) in [5, 5.41) is 0. The average Bonchev–Trinajstić information content (AvgIpc) is 2.15. The van der Waals surface area contributed by atoms with Crippen molar-refractivity contribution in [3.63, 3.8) is 0 Å². The predicted molar refractivity (Wildman–Crippen MR) is 75.7 cm³/mol. The number of allylic oxidation sites excluding steroid dienone is 2. The van der Waals surface area contributed by atoms with Crippen LogP contribution in [0.3, 0.4) is 0 Å². The Morgan fingerprint density at radius 2 is 1.38 bits per heavy atom. The van der Waals surface area contributed by atoms with Gasteiger partial charge in [-0.25, -0.2) is 0 Å². The van der Waals surface area contributed by atoms with Crippen molar-refractivity contribution in [1.82, 2.24) is 0 Å². The van der Waals surface area contributed by atoms with Gasteiger partial charge in [-0.15, -0.1) is 0 Å². The van der Waals surface area contributed by atoms with Crippen LogP contribution < -0.4 is 0 Å². The molecule has 0 aliphatic carbocycles. The third-order valence-corrected chi connectivity index (χ3v) is 3.25. The molecule has 0 amide bonds. The van der Waals surface area contributed by atoms with E-state index in [1.165, 1.54) is 17.6 Å². The normalized spacial score (nSPS) is 11.9. The minimum absolute atomic E-state index is 0.369. The Bertz CT molecular complexity index is 214. The van der Waals surface area contributed by atoms with Gasteiger partial charge in [-0.3, -0.25) is 0 Å². The number of rotatable bonds is 8. The monoisotopic (exact) mass is 222 g/mol. The van der Waals surface area contributed by atoms with Crippen molar-refractivity contribution in [3.8, 4) is 0 Å². The maximum Gasteiger partial charge on any atom is -0.0249 e. The van der Waals surface area contributed by atoms with Gasteiger partial charge in [0.2, 0.25) is 0 Å². The molecule has 0 atom stereocenters. The smallest absolute Gasteiger partial charge is 0.0249 e. The standard InChI is InChI=1S/C16H30/c1-8-14(5)11-16(7,10-13(3)4)12-15(6)9-2/h13H,5-6,8-12H2,1-4,7H3. The van der Waals surface area contributed by atoms with E-state index in [9.17, 15) is 0 Å². The fourth-order valence-corrected chi connectivity index (χ4v) is 2.65. The molecule has 0 saturated carbocycles. The lowest BCUT2D eigenvalue weighted by molar-refractivity contribution is 0.248. The van der Waals surface area contributed by atoms with Crippen LogP contribution in [-0.4, -0.2) is 0 Å². The van der Waals surface area contributed by atoms with Gasteiger partial charge in [-0.2, -0.15) is 0 Å². The zero-order chi connectivity index (χ0) is 12.8. The van der Waals surface area contributed by atoms with Crippen molar-refractivity contribution in [2.75, 3.05) is 0 Å². The van der Waals surface area contributed by atoms with E-state index in [-0.39, 0.29) is 0 Å². The Hall–Kier alpha value is -0.520. The molecule has 0 radical (unpaired) electrons. The summed E-state index contributed by atoms with van der Waals surface area (Å²) in [5.74, 6) is 0.749. The molecule has 0 spiro atoms. The number of hydrogen-bond acceptors (Lipinski definition) is 0. The highest BCUT2D eigenvalue weighted by atomic mass is 14.3. The highest BCUT2D eigenvalue weighted by Gasteiger charge is 2.26. The highest BCUT2D eigenvalue weighted by molar-refractivity contribution is 5.05. The van der Waals surface area contributed by atoms with Gasteiger partial charge < -0.3 is 0 Å². The van der Waals surface area contributed by atoms with Crippen LogP contribution in [0.4, 0.5) is 0 Å². The molecule has 0 aliphatic heterocycles. The van der Waals surface area contributed by atoms with E-state index in [1.807, 2.05) is 0 Å². The van der Waals surface area contributed by atoms with Crippen molar-refractivity contribution in [1.29, 1.82) is 0 Å². The van der Waals surface area contributed by atoms with Crippen LogP contribution in [0.15, 0.2) is 24.3 Å². The first kappa shape index (κ1) is 15.5. The first-order valence-electron chi connectivity index (χ1n) is 6.66. The van der Waals surface area contributed by atoms with E-state index in [4.69, 9.17) is 0 Å². The third-order valence-electron chi connectivity index (χ3n) is 3.25. The summed E-state index contributed by atoms with van der Waals surface area (Å²) < 4.78 is 0. The van der Waals surface area contributed by atoms with E-state index >= 15 is 0 Å². The summed E-state index contributed by atoms with van der Waals surface area (Å²) in [4.78, 5) is 0. The zero-order valence-electron chi connectivity index (χ0n) is 12.0. The molecular weight excluding hydrogens is 192 g/mol. The first-order chi connectivity index (χ1) is 7.33. The minimum atomic E-state index is 0.369. The van der Waals surface area contributed by atoms with Crippen LogP contribution in [0.25, 0.3) is 0 Å². The van der Waals surface area contributed by atoms with E-state index in [1.54, 1.807) is 0 Å². The molecule has 0 aromatic carbocycles. The van der Waals surface area contributed by atoms with Gasteiger partial charge in [0.05, 0.1) is 0 Å². The largest absolute Gasteiger partial charge is 0.0999 e. The van der Waals surface area contributed by atoms with Crippen LogP contribution in [0.5, 0.6) is 0 Å². The third kappa shape index (κ3) is 6.15. The van der Waals surface area contributed by atoms with Gasteiger partial charge in [-0.1, -0.05) is 58.9 Å². The molecule has 0 nitrogen and oxygen atoms in total. The molecule has 0 unspecified atom stereocenters. The maximum atomic E-state index is 4.17. The fraction of sp³-hybridized carbons (Fsp3) is 0.750. The lowest BCUT2D eigenvalue weighted by atomic mass is 9.72. The lowest BCUT2D eigenvalue weighted by Crippen LogP contribution is -2.20. The van der Waals surface area contributed by atoms with Crippen molar-refractivity contribution < 1.29 is 0 Å². The van der Waals surface area contributed by atoms with Gasteiger partial charge in [0, 0.05) is 0 Å². The van der Waals surface area contributed by atoms with Gasteiger partial charge >= 0.3 is 0 Å². The molecule has 0 aromatic heterocycles. The Kier molecular flexibility index (Phi) is 6.71. The summed E-state index contributed by atoms with van der Waals surface area (Å²) in [7, 11) is 0. The van der Waals surface area contributed by atoms with Crippen LogP contribution >= 0.6 is 0 Å². The average molecular weight is 222 g/mol. The molecule has 0 rings (SSSR count). The summed E-state index contributed by atoms with van der Waals surface area (Å²) >= 11 is 0. The van der Waals surface area contributed by atoms with Crippen molar-refractivity contribution >= 4 is 0 Å². The van der Waals surface area contributed by atoms with Crippen LogP contribution in [0.1, 0.15) is 66.7 Å². The Labute approximate surface area is 103 Å². The molecule has 16 heavy (non-hydrogen) atoms. The summed E-state index contributed by atoms with van der Waals surface area (Å²) in [6.45, 7) is 19.8. The molecule has 0 heteroatoms. The van der Waals surface area contributed by atoms with Crippen molar-refractivity contribution in [2.45, 2.75) is 66.7 Å². The van der Waals surface area contributed by atoms with Crippen LogP contribution in [0, 0.1) is 11.3 Å². The minimum Gasteiger partial charge on any atom is -0.0999 e. The molecule has 0 heterocycles. The SMILES string of the molecule is C=C(CC)CC(C)(CC(=C)CC)CC(C)C. The van der Waals surface area contributed by atoms with Gasteiger partial charge in [0.1, 0.15) is 0 Å². The van der Waals surface area contributed by atoms with Crippen LogP contribution in [0.2, 0.25) is 0 Å². The second kappa shape index (κ2) is 6.93. The van der Waals surface area contributed by atoms with Crippen LogP contribution in [-0.2, 0) is 0 Å². The first-order valence-corrected chi connectivity index (χ1v) is 6.66. The zero-order valence-corrected chi connectivity index (χ0v) is 12.0. The Balaban J connectivity index is 4.59. The summed E-state index contributed by atoms with van der Waals surface area (Å²) in [6, 6.07) is 0. The van der Waals surface area contributed by atoms with Crippen molar-refractivity contribution in [2.24, 2.45) is 11.3 Å². The predicted octanol–water partition coefficient (Wildman–Crippen LogP) is 5.75. The molecule has 0 aliphatic rings. The van der Waals surface area contributed by atoms with E-state index in [2.05, 4.69) is 47.8 Å². The summed E-state index contributed by atoms with van der Waals surface area (Å²) in [5.41, 5.74) is 3.13. The molecule has 0 saturated heterocycles. The summed E-state index contributed by atoms with van der Waals surface area (Å²) in [6.07, 6.45) is 5.78. The molecule has 0 aromatic rings.